The van der Waals surface area contributed by atoms with Crippen LogP contribution in [-0.2, 0) is 16.1 Å². The number of likely N-dealkylation sites (N-methyl/N-ethyl adjacent to an activating group) is 1. The van der Waals surface area contributed by atoms with Gasteiger partial charge in [-0.05, 0) is 30.4 Å². The number of hydrogen-bond acceptors (Lipinski definition) is 3. The van der Waals surface area contributed by atoms with Crippen LogP contribution in [0.5, 0.6) is 0 Å². The van der Waals surface area contributed by atoms with Gasteiger partial charge in [-0.25, -0.2) is 0 Å². The number of nitrogens with zero attached hydrogens (tertiary/aromatic N) is 1. The first-order chi connectivity index (χ1) is 13.4. The molecule has 4 atom stereocenters. The van der Waals surface area contributed by atoms with Gasteiger partial charge in [0.15, 0.2) is 0 Å². The molecule has 1 N–H and O–H groups in total. The van der Waals surface area contributed by atoms with Gasteiger partial charge < -0.3 is 14.7 Å². The molecule has 0 heterocycles. The summed E-state index contributed by atoms with van der Waals surface area (Å²) in [6.45, 7) is 7.16. The van der Waals surface area contributed by atoms with Crippen molar-refractivity contribution in [3.8, 4) is 0 Å². The van der Waals surface area contributed by atoms with Crippen LogP contribution >= 0.6 is 0 Å². The Labute approximate surface area is 169 Å². The van der Waals surface area contributed by atoms with E-state index in [4.69, 9.17) is 4.74 Å². The molecule has 0 radical (unpaired) electrons. The zero-order valence-corrected chi connectivity index (χ0v) is 17.4. The fourth-order valence-electron chi connectivity index (χ4n) is 3.41. The highest BCUT2D eigenvalue weighted by atomic mass is 16.5. The summed E-state index contributed by atoms with van der Waals surface area (Å²) in [4.78, 5) is 14.5. The van der Waals surface area contributed by atoms with Crippen LogP contribution in [0.15, 0.2) is 60.7 Å². The number of amides is 1. The number of carbonyl (C=O) groups is 1. The minimum atomic E-state index is -0.700. The van der Waals surface area contributed by atoms with E-state index in [1.54, 1.807) is 11.9 Å². The standard InChI is InChI=1S/C24H33NO3/c1-18(16-28-17-21-11-7-5-8-12-21)15-19(2)24(27)25(4)20(3)23(26)22-13-9-6-10-14-22/h5-14,18-20,23,26H,15-17H2,1-4H3/t18-,19+,20-,23+/m0/s1. The van der Waals surface area contributed by atoms with Crippen LogP contribution in [0.4, 0.5) is 0 Å². The van der Waals surface area contributed by atoms with Crippen molar-refractivity contribution in [2.45, 2.75) is 45.9 Å². The molecule has 0 bridgehead atoms. The van der Waals surface area contributed by atoms with Gasteiger partial charge in [0.2, 0.25) is 5.91 Å². The van der Waals surface area contributed by atoms with E-state index < -0.39 is 6.10 Å². The third kappa shape index (κ3) is 6.47. The molecule has 2 aromatic carbocycles. The molecule has 0 unspecified atom stereocenters. The second-order valence-corrected chi connectivity index (χ2v) is 7.79. The third-order valence-corrected chi connectivity index (χ3v) is 5.25. The number of ether oxygens (including phenoxy) is 1. The van der Waals surface area contributed by atoms with Crippen LogP contribution in [0, 0.1) is 11.8 Å². The second-order valence-electron chi connectivity index (χ2n) is 7.79. The third-order valence-electron chi connectivity index (χ3n) is 5.25. The van der Waals surface area contributed by atoms with E-state index in [-0.39, 0.29) is 23.8 Å². The molecule has 2 aromatic rings. The Hall–Kier alpha value is -2.17. The van der Waals surface area contributed by atoms with Crippen molar-refractivity contribution in [1.29, 1.82) is 0 Å². The van der Waals surface area contributed by atoms with E-state index in [2.05, 4.69) is 6.92 Å². The Morgan fingerprint density at radius 1 is 1.00 bits per heavy atom. The highest BCUT2D eigenvalue weighted by Crippen LogP contribution is 2.23. The Morgan fingerprint density at radius 3 is 2.18 bits per heavy atom. The number of carbonyl (C=O) groups excluding carboxylic acids is 1. The van der Waals surface area contributed by atoms with Crippen LogP contribution in [-0.4, -0.2) is 35.6 Å². The average Bonchev–Trinajstić information content (AvgIpc) is 2.72. The lowest BCUT2D eigenvalue weighted by molar-refractivity contribution is -0.138. The molecule has 0 spiro atoms. The smallest absolute Gasteiger partial charge is 0.225 e. The van der Waals surface area contributed by atoms with Crippen LogP contribution in [0.1, 0.15) is 44.4 Å². The minimum Gasteiger partial charge on any atom is -0.386 e. The zero-order chi connectivity index (χ0) is 20.5. The molecule has 0 aliphatic rings. The molecule has 0 saturated heterocycles. The molecule has 0 aliphatic carbocycles. The Kier molecular flexibility index (Phi) is 8.68. The maximum Gasteiger partial charge on any atom is 0.225 e. The number of benzene rings is 2. The monoisotopic (exact) mass is 383 g/mol. The van der Waals surface area contributed by atoms with Crippen molar-refractivity contribution in [1.82, 2.24) is 4.90 Å². The van der Waals surface area contributed by atoms with Gasteiger partial charge in [-0.2, -0.15) is 0 Å². The molecule has 152 valence electrons. The first-order valence-corrected chi connectivity index (χ1v) is 10.0. The molecule has 2 rings (SSSR count). The molecule has 4 heteroatoms. The molecule has 4 nitrogen and oxygen atoms in total. The van der Waals surface area contributed by atoms with E-state index in [0.29, 0.717) is 13.2 Å². The molecule has 0 saturated carbocycles. The summed E-state index contributed by atoms with van der Waals surface area (Å²) >= 11 is 0. The summed E-state index contributed by atoms with van der Waals surface area (Å²) in [6, 6.07) is 19.3. The zero-order valence-electron chi connectivity index (χ0n) is 17.4. The average molecular weight is 384 g/mol. The lowest BCUT2D eigenvalue weighted by Crippen LogP contribution is -2.42. The van der Waals surface area contributed by atoms with Gasteiger partial charge in [0.05, 0.1) is 18.8 Å². The summed E-state index contributed by atoms with van der Waals surface area (Å²) in [7, 11) is 1.77. The van der Waals surface area contributed by atoms with E-state index >= 15 is 0 Å². The second kappa shape index (κ2) is 11.0. The van der Waals surface area contributed by atoms with Gasteiger partial charge >= 0.3 is 0 Å². The number of aliphatic hydroxyl groups is 1. The molecule has 0 aromatic heterocycles. The molecule has 0 fully saturated rings. The SMILES string of the molecule is C[C@H](COCc1ccccc1)C[C@@H](C)C(=O)N(C)[C@@H](C)[C@@H](O)c1ccccc1. The lowest BCUT2D eigenvalue weighted by atomic mass is 9.95. The number of rotatable bonds is 10. The van der Waals surface area contributed by atoms with E-state index in [1.807, 2.05) is 74.5 Å². The molecule has 0 aliphatic heterocycles. The fourth-order valence-corrected chi connectivity index (χ4v) is 3.41. The quantitative estimate of drug-likeness (QED) is 0.660. The van der Waals surface area contributed by atoms with Crippen molar-refractivity contribution in [2.75, 3.05) is 13.7 Å². The largest absolute Gasteiger partial charge is 0.386 e. The van der Waals surface area contributed by atoms with Crippen molar-refractivity contribution >= 4 is 5.91 Å². The molecule has 1 amide bonds. The summed E-state index contributed by atoms with van der Waals surface area (Å²) in [6.07, 6.45) is 0.0560. The van der Waals surface area contributed by atoms with Crippen LogP contribution < -0.4 is 0 Å². The minimum absolute atomic E-state index is 0.0531. The van der Waals surface area contributed by atoms with Crippen molar-refractivity contribution in [3.05, 3.63) is 71.8 Å². The van der Waals surface area contributed by atoms with Gasteiger partial charge in [0.1, 0.15) is 0 Å². The van der Waals surface area contributed by atoms with Crippen molar-refractivity contribution in [3.63, 3.8) is 0 Å². The number of hydrogen-bond donors (Lipinski definition) is 1. The van der Waals surface area contributed by atoms with Crippen LogP contribution in [0.25, 0.3) is 0 Å². The fraction of sp³-hybridized carbons (Fsp3) is 0.458. The van der Waals surface area contributed by atoms with E-state index in [1.165, 1.54) is 0 Å². The molecule has 28 heavy (non-hydrogen) atoms. The maximum atomic E-state index is 12.8. The highest BCUT2D eigenvalue weighted by Gasteiger charge is 2.27. The molecular weight excluding hydrogens is 350 g/mol. The van der Waals surface area contributed by atoms with Crippen molar-refractivity contribution < 1.29 is 14.6 Å². The van der Waals surface area contributed by atoms with Gasteiger partial charge in [-0.15, -0.1) is 0 Å². The normalized spacial score (nSPS) is 15.5. The summed E-state index contributed by atoms with van der Waals surface area (Å²) in [5.74, 6) is 0.216. The maximum absolute atomic E-state index is 12.8. The van der Waals surface area contributed by atoms with E-state index in [0.717, 1.165) is 17.5 Å². The van der Waals surface area contributed by atoms with Gasteiger partial charge in [-0.3, -0.25) is 4.79 Å². The number of aliphatic hydroxyl groups excluding tert-OH is 1. The van der Waals surface area contributed by atoms with Crippen molar-refractivity contribution in [2.24, 2.45) is 11.8 Å². The highest BCUT2D eigenvalue weighted by molar-refractivity contribution is 5.78. The topological polar surface area (TPSA) is 49.8 Å². The first-order valence-electron chi connectivity index (χ1n) is 10.0. The Balaban J connectivity index is 1.80. The van der Waals surface area contributed by atoms with Crippen LogP contribution in [0.2, 0.25) is 0 Å². The Morgan fingerprint density at radius 2 is 1.57 bits per heavy atom. The predicted molar refractivity (Wildman–Crippen MR) is 113 cm³/mol. The van der Waals surface area contributed by atoms with Gasteiger partial charge in [0, 0.05) is 19.6 Å². The Bertz CT molecular complexity index is 704. The first kappa shape index (κ1) is 22.1. The lowest BCUT2D eigenvalue weighted by Gasteiger charge is -2.32. The predicted octanol–water partition coefficient (Wildman–Crippen LogP) is 4.45. The summed E-state index contributed by atoms with van der Waals surface area (Å²) < 4.78 is 5.80. The molecular formula is C24H33NO3. The van der Waals surface area contributed by atoms with Gasteiger partial charge in [-0.1, -0.05) is 74.5 Å². The van der Waals surface area contributed by atoms with E-state index in [9.17, 15) is 9.90 Å². The summed E-state index contributed by atoms with van der Waals surface area (Å²) in [5, 5.41) is 10.6. The van der Waals surface area contributed by atoms with Crippen LogP contribution in [0.3, 0.4) is 0 Å². The van der Waals surface area contributed by atoms with Gasteiger partial charge in [0.25, 0.3) is 0 Å². The summed E-state index contributed by atoms with van der Waals surface area (Å²) in [5.41, 5.74) is 1.98.